The van der Waals surface area contributed by atoms with E-state index in [-0.39, 0.29) is 0 Å². The molecule has 0 unspecified atom stereocenters. The van der Waals surface area contributed by atoms with E-state index in [4.69, 9.17) is 0 Å². The third-order valence-electron chi connectivity index (χ3n) is 3.74. The maximum atomic E-state index is 4.63. The number of pyridine rings is 1. The molecule has 1 nitrogen and oxygen atoms in total. The van der Waals surface area contributed by atoms with Gasteiger partial charge in [-0.15, -0.1) is 0 Å². The van der Waals surface area contributed by atoms with Gasteiger partial charge in [0.15, 0.2) is 0 Å². The van der Waals surface area contributed by atoms with Gasteiger partial charge in [0.05, 0.1) is 5.52 Å². The molecule has 18 heavy (non-hydrogen) atoms. The molecule has 1 aliphatic carbocycles. The second-order valence-electron chi connectivity index (χ2n) is 4.99. The van der Waals surface area contributed by atoms with E-state index < -0.39 is 0 Å². The number of aryl methyl sites for hydroxylation is 1. The highest BCUT2D eigenvalue weighted by Gasteiger charge is 2.18. The van der Waals surface area contributed by atoms with Gasteiger partial charge in [0.2, 0.25) is 0 Å². The molecule has 0 radical (unpaired) electrons. The van der Waals surface area contributed by atoms with Crippen LogP contribution in [0.1, 0.15) is 16.8 Å². The van der Waals surface area contributed by atoms with E-state index in [9.17, 15) is 0 Å². The van der Waals surface area contributed by atoms with Crippen molar-refractivity contribution in [1.82, 2.24) is 4.98 Å². The Morgan fingerprint density at radius 1 is 0.889 bits per heavy atom. The van der Waals surface area contributed by atoms with Crippen molar-refractivity contribution >= 4 is 10.9 Å². The molecule has 0 saturated carbocycles. The van der Waals surface area contributed by atoms with Crippen LogP contribution >= 0.6 is 0 Å². The Labute approximate surface area is 106 Å². The molecule has 1 aliphatic rings. The molecule has 1 aromatic heterocycles. The Morgan fingerprint density at radius 3 is 2.72 bits per heavy atom. The summed E-state index contributed by atoms with van der Waals surface area (Å²) in [6, 6.07) is 17.4. The van der Waals surface area contributed by atoms with Crippen LogP contribution in [0.3, 0.4) is 0 Å². The fourth-order valence-corrected chi connectivity index (χ4v) is 2.86. The van der Waals surface area contributed by atoms with Crippen LogP contribution in [0.15, 0.2) is 48.5 Å². The number of benzene rings is 2. The van der Waals surface area contributed by atoms with Crippen molar-refractivity contribution in [3.8, 4) is 11.1 Å². The summed E-state index contributed by atoms with van der Waals surface area (Å²) in [6.45, 7) is 2.04. The van der Waals surface area contributed by atoms with Crippen LogP contribution in [-0.4, -0.2) is 4.98 Å². The Balaban J connectivity index is 2.05. The van der Waals surface area contributed by atoms with Crippen LogP contribution in [0.5, 0.6) is 0 Å². The summed E-state index contributed by atoms with van der Waals surface area (Å²) in [5, 5.41) is 1.24. The molecule has 0 bridgehead atoms. The molecular weight excluding hydrogens is 218 g/mol. The zero-order valence-electron chi connectivity index (χ0n) is 10.3. The maximum Gasteiger partial charge on any atom is 0.0711 e. The van der Waals surface area contributed by atoms with Crippen molar-refractivity contribution in [2.45, 2.75) is 13.3 Å². The average Bonchev–Trinajstić information content (AvgIpc) is 2.74. The Kier molecular flexibility index (Phi) is 1.87. The number of nitrogens with zero attached hydrogens (tertiary/aromatic N) is 1. The smallest absolute Gasteiger partial charge is 0.0711 e. The van der Waals surface area contributed by atoms with Crippen molar-refractivity contribution < 1.29 is 0 Å². The first-order valence-corrected chi connectivity index (χ1v) is 6.30. The quantitative estimate of drug-likeness (QED) is 0.443. The second-order valence-corrected chi connectivity index (χ2v) is 4.99. The molecule has 1 heteroatoms. The number of rotatable bonds is 0. The van der Waals surface area contributed by atoms with Crippen LogP contribution in [0.4, 0.5) is 0 Å². The van der Waals surface area contributed by atoms with Gasteiger partial charge in [-0.2, -0.15) is 0 Å². The normalized spacial score (nSPS) is 12.5. The molecule has 0 amide bonds. The van der Waals surface area contributed by atoms with Crippen LogP contribution in [0.2, 0.25) is 0 Å². The average molecular weight is 231 g/mol. The standard InChI is InChI=1S/C17H13N/c1-11-6-7-13-9-14-8-12-4-2-3-5-15(12)16(14)10-17(13)18-11/h2-7,9-10H,8H2,1H3. The van der Waals surface area contributed by atoms with E-state index >= 15 is 0 Å². The Morgan fingerprint density at radius 2 is 1.78 bits per heavy atom. The van der Waals surface area contributed by atoms with Gasteiger partial charge in [-0.3, -0.25) is 4.98 Å². The SMILES string of the molecule is Cc1ccc2cc3c(cc2n1)-c1ccccc1C3. The predicted molar refractivity (Wildman–Crippen MR) is 74.7 cm³/mol. The van der Waals surface area contributed by atoms with E-state index in [0.29, 0.717) is 0 Å². The first-order chi connectivity index (χ1) is 8.81. The minimum atomic E-state index is 1.05. The summed E-state index contributed by atoms with van der Waals surface area (Å²) >= 11 is 0. The summed E-state index contributed by atoms with van der Waals surface area (Å²) in [4.78, 5) is 4.63. The van der Waals surface area contributed by atoms with Gasteiger partial charge in [0.1, 0.15) is 0 Å². The highest BCUT2D eigenvalue weighted by atomic mass is 14.7. The van der Waals surface area contributed by atoms with Crippen LogP contribution in [0, 0.1) is 6.92 Å². The lowest BCUT2D eigenvalue weighted by molar-refractivity contribution is 1.24. The van der Waals surface area contributed by atoms with E-state index in [2.05, 4.69) is 53.5 Å². The van der Waals surface area contributed by atoms with E-state index in [1.165, 1.54) is 27.6 Å². The molecule has 4 rings (SSSR count). The fourth-order valence-electron chi connectivity index (χ4n) is 2.86. The number of hydrogen-bond acceptors (Lipinski definition) is 1. The highest BCUT2D eigenvalue weighted by Crippen LogP contribution is 2.38. The summed E-state index contributed by atoms with van der Waals surface area (Å²) in [6.07, 6.45) is 1.05. The molecule has 0 N–H and O–H groups in total. The molecule has 0 saturated heterocycles. The van der Waals surface area contributed by atoms with Crippen LogP contribution in [0.25, 0.3) is 22.0 Å². The van der Waals surface area contributed by atoms with E-state index in [0.717, 1.165) is 17.6 Å². The summed E-state index contributed by atoms with van der Waals surface area (Å²) in [5.74, 6) is 0. The van der Waals surface area contributed by atoms with Crippen LogP contribution in [-0.2, 0) is 6.42 Å². The van der Waals surface area contributed by atoms with E-state index in [1.807, 2.05) is 6.92 Å². The zero-order chi connectivity index (χ0) is 12.1. The molecule has 86 valence electrons. The van der Waals surface area contributed by atoms with E-state index in [1.54, 1.807) is 0 Å². The van der Waals surface area contributed by atoms with Crippen molar-refractivity contribution in [3.05, 3.63) is 65.4 Å². The lowest BCUT2D eigenvalue weighted by atomic mass is 10.0. The lowest BCUT2D eigenvalue weighted by Gasteiger charge is -2.04. The monoisotopic (exact) mass is 231 g/mol. The third kappa shape index (κ3) is 1.31. The second kappa shape index (κ2) is 3.42. The number of aromatic nitrogens is 1. The summed E-state index contributed by atoms with van der Waals surface area (Å²) < 4.78 is 0. The topological polar surface area (TPSA) is 12.9 Å². The maximum absolute atomic E-state index is 4.63. The number of hydrogen-bond donors (Lipinski definition) is 0. The molecule has 3 aromatic rings. The predicted octanol–water partition coefficient (Wildman–Crippen LogP) is 4.11. The third-order valence-corrected chi connectivity index (χ3v) is 3.74. The van der Waals surface area contributed by atoms with Crippen molar-refractivity contribution in [1.29, 1.82) is 0 Å². The summed E-state index contributed by atoms with van der Waals surface area (Å²) in [7, 11) is 0. The minimum absolute atomic E-state index is 1.05. The van der Waals surface area contributed by atoms with Crippen LogP contribution < -0.4 is 0 Å². The van der Waals surface area contributed by atoms with Gasteiger partial charge < -0.3 is 0 Å². The molecule has 2 aromatic carbocycles. The van der Waals surface area contributed by atoms with Gasteiger partial charge in [-0.1, -0.05) is 30.3 Å². The van der Waals surface area contributed by atoms with Gasteiger partial charge >= 0.3 is 0 Å². The highest BCUT2D eigenvalue weighted by molar-refractivity contribution is 5.89. The molecule has 0 atom stereocenters. The van der Waals surface area contributed by atoms with Crippen molar-refractivity contribution in [3.63, 3.8) is 0 Å². The Hall–Kier alpha value is -2.15. The Bertz CT molecular complexity index is 772. The first kappa shape index (κ1) is 9.84. The summed E-state index contributed by atoms with van der Waals surface area (Å²) in [5.41, 5.74) is 7.77. The molecule has 1 heterocycles. The van der Waals surface area contributed by atoms with Gasteiger partial charge in [-0.05, 0) is 53.8 Å². The van der Waals surface area contributed by atoms with Crippen molar-refractivity contribution in [2.24, 2.45) is 0 Å². The molecule has 0 aliphatic heterocycles. The minimum Gasteiger partial charge on any atom is -0.253 e. The van der Waals surface area contributed by atoms with Gasteiger partial charge in [0, 0.05) is 11.1 Å². The molecule has 0 fully saturated rings. The van der Waals surface area contributed by atoms with Crippen molar-refractivity contribution in [2.75, 3.05) is 0 Å². The molecular formula is C17H13N. The first-order valence-electron chi connectivity index (χ1n) is 6.30. The lowest BCUT2D eigenvalue weighted by Crippen LogP contribution is -1.86. The largest absolute Gasteiger partial charge is 0.253 e. The molecule has 0 spiro atoms. The van der Waals surface area contributed by atoms with Gasteiger partial charge in [0.25, 0.3) is 0 Å². The van der Waals surface area contributed by atoms with Gasteiger partial charge in [-0.25, -0.2) is 0 Å². The fraction of sp³-hybridized carbons (Fsp3) is 0.118. The number of fused-ring (bicyclic) bond motifs is 4. The zero-order valence-corrected chi connectivity index (χ0v) is 10.3.